The van der Waals surface area contributed by atoms with Crippen molar-refractivity contribution in [1.82, 2.24) is 24.4 Å². The molecule has 2 aromatic heterocycles. The normalized spacial score (nSPS) is 11.9. The number of carbonyl (C=O) groups excluding carboxylic acids is 1. The van der Waals surface area contributed by atoms with E-state index in [4.69, 9.17) is 15.7 Å². The lowest BCUT2D eigenvalue weighted by Crippen LogP contribution is -2.40. The van der Waals surface area contributed by atoms with Crippen LogP contribution < -0.4 is 11.1 Å². The summed E-state index contributed by atoms with van der Waals surface area (Å²) in [6.07, 6.45) is 1.81. The van der Waals surface area contributed by atoms with E-state index in [9.17, 15) is 4.79 Å². The van der Waals surface area contributed by atoms with Crippen LogP contribution >= 0.6 is 0 Å². The summed E-state index contributed by atoms with van der Waals surface area (Å²) in [7, 11) is 0. The van der Waals surface area contributed by atoms with Gasteiger partial charge < -0.3 is 15.6 Å². The Kier molecular flexibility index (Phi) is 6.90. The van der Waals surface area contributed by atoms with Crippen molar-refractivity contribution in [2.24, 2.45) is 5.73 Å². The van der Waals surface area contributed by atoms with Gasteiger partial charge in [0.25, 0.3) is 0 Å². The molecule has 0 spiro atoms. The van der Waals surface area contributed by atoms with Crippen LogP contribution in [0.3, 0.4) is 0 Å². The Morgan fingerprint density at radius 1 is 1.06 bits per heavy atom. The Morgan fingerprint density at radius 2 is 1.71 bits per heavy atom. The van der Waals surface area contributed by atoms with Gasteiger partial charge in [-0.1, -0.05) is 12.1 Å². The number of hydrogen-bond donors (Lipinski definition) is 2. The maximum Gasteiger partial charge on any atom is 0.248 e. The van der Waals surface area contributed by atoms with Crippen molar-refractivity contribution in [3.8, 4) is 11.4 Å². The van der Waals surface area contributed by atoms with E-state index in [1.807, 2.05) is 23.0 Å². The van der Waals surface area contributed by atoms with Crippen molar-refractivity contribution in [2.45, 2.75) is 59.7 Å². The van der Waals surface area contributed by atoms with Gasteiger partial charge in [-0.05, 0) is 53.7 Å². The largest absolute Gasteiger partial charge is 0.367 e. The number of primary amides is 1. The van der Waals surface area contributed by atoms with Gasteiger partial charge >= 0.3 is 0 Å². The third-order valence-electron chi connectivity index (χ3n) is 5.39. The zero-order valence-corrected chi connectivity index (χ0v) is 19.3. The Labute approximate surface area is 183 Å². The molecule has 0 aliphatic carbocycles. The second-order valence-corrected chi connectivity index (χ2v) is 8.61. The number of nitrogens with zero attached hydrogens (tertiary/aromatic N) is 5. The second kappa shape index (κ2) is 9.43. The van der Waals surface area contributed by atoms with Gasteiger partial charge in [-0.25, -0.2) is 15.0 Å². The summed E-state index contributed by atoms with van der Waals surface area (Å²) in [5, 5.41) is 3.48. The fraction of sp³-hybridized carbons (Fsp3) is 0.478. The van der Waals surface area contributed by atoms with Crippen molar-refractivity contribution in [3.63, 3.8) is 0 Å². The number of hydrogen-bond acceptors (Lipinski definition) is 6. The summed E-state index contributed by atoms with van der Waals surface area (Å²) in [5.74, 6) is 0.840. The lowest BCUT2D eigenvalue weighted by molar-refractivity contribution is 0.100. The number of rotatable bonds is 9. The minimum absolute atomic E-state index is 0.218. The molecule has 0 saturated heterocycles. The monoisotopic (exact) mass is 423 g/mol. The first-order valence-electron chi connectivity index (χ1n) is 10.8. The predicted molar refractivity (Wildman–Crippen MR) is 125 cm³/mol. The van der Waals surface area contributed by atoms with Gasteiger partial charge in [-0.3, -0.25) is 9.69 Å². The Balaban J connectivity index is 1.96. The Morgan fingerprint density at radius 3 is 2.26 bits per heavy atom. The molecule has 166 valence electrons. The van der Waals surface area contributed by atoms with Crippen molar-refractivity contribution in [2.75, 3.05) is 18.4 Å². The zero-order chi connectivity index (χ0) is 22.7. The van der Waals surface area contributed by atoms with E-state index in [2.05, 4.69) is 56.7 Å². The highest BCUT2D eigenvalue weighted by atomic mass is 16.1. The summed E-state index contributed by atoms with van der Waals surface area (Å²) in [6.45, 7) is 14.7. The first-order valence-corrected chi connectivity index (χ1v) is 10.8. The molecular weight excluding hydrogens is 390 g/mol. The predicted octanol–water partition coefficient (Wildman–Crippen LogP) is 3.70. The number of benzene rings is 1. The third kappa shape index (κ3) is 5.02. The molecule has 0 saturated carbocycles. The molecule has 3 rings (SSSR count). The number of carbonyl (C=O) groups is 1. The minimum atomic E-state index is -0.456. The molecule has 3 aromatic rings. The number of aromatic nitrogens is 4. The fourth-order valence-corrected chi connectivity index (χ4v) is 3.75. The van der Waals surface area contributed by atoms with E-state index in [-0.39, 0.29) is 6.04 Å². The molecule has 1 aromatic carbocycles. The highest BCUT2D eigenvalue weighted by Crippen LogP contribution is 2.26. The van der Waals surface area contributed by atoms with Crippen LogP contribution in [0.5, 0.6) is 0 Å². The zero-order valence-electron chi connectivity index (χ0n) is 19.3. The van der Waals surface area contributed by atoms with E-state index >= 15 is 0 Å². The van der Waals surface area contributed by atoms with Crippen LogP contribution in [0.15, 0.2) is 30.6 Å². The molecule has 0 aliphatic heterocycles. The molecule has 3 N–H and O–H groups in total. The van der Waals surface area contributed by atoms with Crippen molar-refractivity contribution in [1.29, 1.82) is 0 Å². The topological polar surface area (TPSA) is 102 Å². The number of imidazole rings is 1. The van der Waals surface area contributed by atoms with Crippen LogP contribution in [0, 0.1) is 0 Å². The molecule has 0 bridgehead atoms. The summed E-state index contributed by atoms with van der Waals surface area (Å²) < 4.78 is 2.04. The van der Waals surface area contributed by atoms with Crippen LogP contribution in [-0.2, 0) is 0 Å². The van der Waals surface area contributed by atoms with E-state index in [0.29, 0.717) is 29.3 Å². The SMILES string of the molecule is CC(C)N(CCNc1nc(-c2ccc(C(N)=O)cc2)nc2c1ncn2C(C)C)C(C)C. The van der Waals surface area contributed by atoms with Crippen LogP contribution in [0.2, 0.25) is 0 Å². The quantitative estimate of drug-likeness (QED) is 0.544. The lowest BCUT2D eigenvalue weighted by Gasteiger charge is -2.30. The van der Waals surface area contributed by atoms with Gasteiger partial charge in [-0.2, -0.15) is 0 Å². The van der Waals surface area contributed by atoms with Crippen LogP contribution in [-0.4, -0.2) is 55.5 Å². The summed E-state index contributed by atoms with van der Waals surface area (Å²) in [5.41, 5.74) is 8.18. The van der Waals surface area contributed by atoms with Crippen molar-refractivity contribution in [3.05, 3.63) is 36.2 Å². The number of anilines is 1. The first kappa shape index (κ1) is 22.7. The van der Waals surface area contributed by atoms with Crippen LogP contribution in [0.4, 0.5) is 5.82 Å². The number of fused-ring (bicyclic) bond motifs is 1. The van der Waals surface area contributed by atoms with E-state index in [1.54, 1.807) is 12.1 Å². The molecule has 0 fully saturated rings. The highest BCUT2D eigenvalue weighted by Gasteiger charge is 2.17. The van der Waals surface area contributed by atoms with Gasteiger partial charge in [0.05, 0.1) is 6.33 Å². The number of amides is 1. The van der Waals surface area contributed by atoms with E-state index in [1.165, 1.54) is 0 Å². The fourth-order valence-electron chi connectivity index (χ4n) is 3.75. The molecule has 0 aliphatic rings. The molecule has 0 radical (unpaired) electrons. The average Bonchev–Trinajstić information content (AvgIpc) is 3.15. The average molecular weight is 424 g/mol. The van der Waals surface area contributed by atoms with Gasteiger partial charge in [0.15, 0.2) is 17.3 Å². The molecule has 8 nitrogen and oxygen atoms in total. The molecule has 2 heterocycles. The molecular formula is C23H33N7O. The minimum Gasteiger partial charge on any atom is -0.367 e. The summed E-state index contributed by atoms with van der Waals surface area (Å²) >= 11 is 0. The molecule has 1 amide bonds. The van der Waals surface area contributed by atoms with Crippen molar-refractivity contribution < 1.29 is 4.79 Å². The maximum absolute atomic E-state index is 11.4. The Hall–Kier alpha value is -3.00. The molecule has 31 heavy (non-hydrogen) atoms. The lowest BCUT2D eigenvalue weighted by atomic mass is 10.1. The standard InChI is InChI=1S/C23H33N7O/c1-14(2)29(15(3)4)12-11-25-22-19-23(30(13-26-19)16(5)6)28-21(27-22)18-9-7-17(8-10-18)20(24)31/h7-10,13-16H,11-12H2,1-6H3,(H2,24,31)(H,25,27,28). The van der Waals surface area contributed by atoms with E-state index in [0.717, 1.165) is 29.8 Å². The number of nitrogens with two attached hydrogens (primary N) is 1. The Bertz CT molecular complexity index is 1030. The first-order chi connectivity index (χ1) is 14.7. The van der Waals surface area contributed by atoms with Gasteiger partial charge in [0.2, 0.25) is 5.91 Å². The van der Waals surface area contributed by atoms with Gasteiger partial charge in [-0.15, -0.1) is 0 Å². The number of nitrogens with one attached hydrogen (secondary N) is 1. The maximum atomic E-state index is 11.4. The van der Waals surface area contributed by atoms with Gasteiger partial charge in [0.1, 0.15) is 5.52 Å². The van der Waals surface area contributed by atoms with Crippen molar-refractivity contribution >= 4 is 22.9 Å². The summed E-state index contributed by atoms with van der Waals surface area (Å²) in [4.78, 5) is 28.0. The molecule has 0 atom stereocenters. The van der Waals surface area contributed by atoms with E-state index < -0.39 is 5.91 Å². The highest BCUT2D eigenvalue weighted by molar-refractivity contribution is 5.93. The summed E-state index contributed by atoms with van der Waals surface area (Å²) in [6, 6.07) is 8.18. The second-order valence-electron chi connectivity index (χ2n) is 8.61. The third-order valence-corrected chi connectivity index (χ3v) is 5.39. The smallest absolute Gasteiger partial charge is 0.248 e. The van der Waals surface area contributed by atoms with Crippen LogP contribution in [0.1, 0.15) is 57.9 Å². The molecule has 8 heteroatoms. The molecule has 0 unspecified atom stereocenters. The van der Waals surface area contributed by atoms with Crippen LogP contribution in [0.25, 0.3) is 22.6 Å². The van der Waals surface area contributed by atoms with Gasteiger partial charge in [0, 0.05) is 42.3 Å².